The van der Waals surface area contributed by atoms with Crippen molar-refractivity contribution in [3.05, 3.63) is 51.0 Å². The van der Waals surface area contributed by atoms with Crippen LogP contribution in [0.2, 0.25) is 0 Å². The molecule has 2 N–H and O–H groups in total. The van der Waals surface area contributed by atoms with Gasteiger partial charge in [0.1, 0.15) is 4.88 Å². The number of aromatic nitrogens is 1. The summed E-state index contributed by atoms with van der Waals surface area (Å²) in [6.45, 7) is 1.76. The fraction of sp³-hybridized carbons (Fsp3) is 0.267. The molecule has 1 aromatic carbocycles. The first kappa shape index (κ1) is 13.8. The van der Waals surface area contributed by atoms with Gasteiger partial charge in [0, 0.05) is 5.56 Å². The number of carbonyl (C=O) groups excluding carboxylic acids is 2. The molecule has 0 atom stereocenters. The highest BCUT2D eigenvalue weighted by Crippen LogP contribution is 2.22. The Morgan fingerprint density at radius 2 is 1.90 bits per heavy atom. The second kappa shape index (κ2) is 5.65. The van der Waals surface area contributed by atoms with E-state index in [9.17, 15) is 9.59 Å². The lowest BCUT2D eigenvalue weighted by Crippen LogP contribution is -2.41. The van der Waals surface area contributed by atoms with Crippen LogP contribution >= 0.6 is 11.3 Å². The Hall–Kier alpha value is -2.21. The topological polar surface area (TPSA) is 71.1 Å². The average molecular weight is 301 g/mol. The number of aryl methyl sites for hydroxylation is 3. The minimum Gasteiger partial charge on any atom is -0.267 e. The van der Waals surface area contributed by atoms with Crippen molar-refractivity contribution in [3.63, 3.8) is 0 Å². The smallest absolute Gasteiger partial charge is 0.267 e. The second-order valence-corrected chi connectivity index (χ2v) is 5.87. The molecule has 2 aromatic rings. The molecule has 5 nitrogen and oxygen atoms in total. The van der Waals surface area contributed by atoms with Gasteiger partial charge in [-0.3, -0.25) is 20.4 Å². The van der Waals surface area contributed by atoms with E-state index in [4.69, 9.17) is 0 Å². The Balaban J connectivity index is 1.64. The summed E-state index contributed by atoms with van der Waals surface area (Å²) in [4.78, 5) is 28.5. The van der Waals surface area contributed by atoms with Crippen molar-refractivity contribution in [2.75, 3.05) is 0 Å². The van der Waals surface area contributed by atoms with E-state index in [-0.39, 0.29) is 11.8 Å². The van der Waals surface area contributed by atoms with Crippen LogP contribution < -0.4 is 10.9 Å². The Labute approximate surface area is 126 Å². The molecule has 21 heavy (non-hydrogen) atoms. The molecule has 0 fully saturated rings. The summed E-state index contributed by atoms with van der Waals surface area (Å²) in [5.41, 5.74) is 10.2. The summed E-state index contributed by atoms with van der Waals surface area (Å²) in [5, 5.41) is 0. The molecule has 0 saturated heterocycles. The predicted molar refractivity (Wildman–Crippen MR) is 80.3 cm³/mol. The van der Waals surface area contributed by atoms with Gasteiger partial charge < -0.3 is 0 Å². The largest absolute Gasteiger partial charge is 0.281 e. The fourth-order valence-electron chi connectivity index (χ4n) is 2.48. The molecule has 1 aromatic heterocycles. The molecular formula is C15H15N3O2S. The highest BCUT2D eigenvalue weighted by molar-refractivity contribution is 7.11. The van der Waals surface area contributed by atoms with Crippen LogP contribution in [0.3, 0.4) is 0 Å². The number of hydrogen-bond donors (Lipinski definition) is 2. The van der Waals surface area contributed by atoms with Gasteiger partial charge in [-0.05, 0) is 49.4 Å². The molecule has 2 amide bonds. The van der Waals surface area contributed by atoms with Crippen LogP contribution in [0.25, 0.3) is 0 Å². The number of hydrogen-bond acceptors (Lipinski definition) is 4. The van der Waals surface area contributed by atoms with Crippen molar-refractivity contribution < 1.29 is 9.59 Å². The molecule has 108 valence electrons. The number of nitrogens with zero attached hydrogens (tertiary/aromatic N) is 1. The summed E-state index contributed by atoms with van der Waals surface area (Å²) in [5.74, 6) is -0.648. The van der Waals surface area contributed by atoms with Gasteiger partial charge in [-0.25, -0.2) is 4.98 Å². The molecule has 3 rings (SSSR count). The molecule has 0 aliphatic heterocycles. The average Bonchev–Trinajstić information content (AvgIpc) is 3.11. The maximum absolute atomic E-state index is 12.1. The first-order valence-corrected chi connectivity index (χ1v) is 7.65. The van der Waals surface area contributed by atoms with Gasteiger partial charge in [-0.2, -0.15) is 0 Å². The summed E-state index contributed by atoms with van der Waals surface area (Å²) in [7, 11) is 0. The maximum atomic E-state index is 12.1. The zero-order chi connectivity index (χ0) is 14.8. The van der Waals surface area contributed by atoms with Gasteiger partial charge >= 0.3 is 0 Å². The van der Waals surface area contributed by atoms with Gasteiger partial charge in [0.2, 0.25) is 0 Å². The van der Waals surface area contributed by atoms with Gasteiger partial charge in [0.05, 0.1) is 11.2 Å². The number of amides is 2. The lowest BCUT2D eigenvalue weighted by atomic mass is 10.1. The number of carbonyl (C=O) groups is 2. The van der Waals surface area contributed by atoms with Gasteiger partial charge in [-0.1, -0.05) is 6.07 Å². The summed E-state index contributed by atoms with van der Waals surface area (Å²) in [6, 6.07) is 5.69. The number of nitrogens with one attached hydrogen (secondary N) is 2. The Morgan fingerprint density at radius 1 is 1.14 bits per heavy atom. The molecule has 0 spiro atoms. The lowest BCUT2D eigenvalue weighted by molar-refractivity contribution is 0.0848. The molecule has 6 heteroatoms. The van der Waals surface area contributed by atoms with E-state index in [2.05, 4.69) is 15.8 Å². The summed E-state index contributed by atoms with van der Waals surface area (Å²) in [6.07, 6.45) is 3.24. The van der Waals surface area contributed by atoms with E-state index in [0.29, 0.717) is 16.1 Å². The normalized spacial score (nSPS) is 12.8. The van der Waals surface area contributed by atoms with E-state index < -0.39 is 0 Å². The molecule has 0 unspecified atom stereocenters. The predicted octanol–water partition coefficient (Wildman–Crippen LogP) is 2.02. The van der Waals surface area contributed by atoms with E-state index in [0.717, 1.165) is 19.3 Å². The minimum absolute atomic E-state index is 0.305. The number of hydrazine groups is 1. The molecule has 0 bridgehead atoms. The van der Waals surface area contributed by atoms with Gasteiger partial charge in [0.15, 0.2) is 0 Å². The molecular weight excluding hydrogens is 286 g/mol. The molecule has 0 radical (unpaired) electrons. The van der Waals surface area contributed by atoms with Gasteiger partial charge in [-0.15, -0.1) is 11.3 Å². The number of rotatable bonds is 2. The summed E-state index contributed by atoms with van der Waals surface area (Å²) >= 11 is 1.25. The van der Waals surface area contributed by atoms with Crippen molar-refractivity contribution in [1.29, 1.82) is 0 Å². The van der Waals surface area contributed by atoms with Crippen molar-refractivity contribution in [2.24, 2.45) is 0 Å². The molecule has 1 aliphatic carbocycles. The highest BCUT2D eigenvalue weighted by Gasteiger charge is 2.16. The van der Waals surface area contributed by atoms with E-state index in [1.54, 1.807) is 18.5 Å². The van der Waals surface area contributed by atoms with E-state index in [1.807, 2.05) is 12.1 Å². The zero-order valence-corrected chi connectivity index (χ0v) is 12.4. The second-order valence-electron chi connectivity index (χ2n) is 5.01. The molecule has 1 heterocycles. The van der Waals surface area contributed by atoms with Gasteiger partial charge in [0.25, 0.3) is 11.8 Å². The van der Waals surface area contributed by atoms with Crippen molar-refractivity contribution in [3.8, 4) is 0 Å². The van der Waals surface area contributed by atoms with E-state index >= 15 is 0 Å². The lowest BCUT2D eigenvalue weighted by Gasteiger charge is -2.08. The first-order chi connectivity index (χ1) is 10.1. The Kier molecular flexibility index (Phi) is 3.70. The highest BCUT2D eigenvalue weighted by atomic mass is 32.1. The van der Waals surface area contributed by atoms with E-state index in [1.165, 1.54) is 22.5 Å². The maximum Gasteiger partial charge on any atom is 0.281 e. The third-order valence-corrected chi connectivity index (χ3v) is 4.53. The first-order valence-electron chi connectivity index (χ1n) is 6.78. The number of thiazole rings is 1. The van der Waals surface area contributed by atoms with Crippen LogP contribution in [0, 0.1) is 6.92 Å². The van der Waals surface area contributed by atoms with Crippen LogP contribution in [0.5, 0.6) is 0 Å². The standard InChI is InChI=1S/C15H15N3O2S/c1-9-13(21-8-16-9)15(20)18-17-14(19)12-6-5-10-3-2-4-11(10)7-12/h5-8H,2-4H2,1H3,(H,17,19)(H,18,20). The molecule has 1 aliphatic rings. The Morgan fingerprint density at radius 3 is 2.67 bits per heavy atom. The van der Waals surface area contributed by atoms with Crippen molar-refractivity contribution >= 4 is 23.2 Å². The monoisotopic (exact) mass is 301 g/mol. The van der Waals surface area contributed by atoms with Crippen LogP contribution in [0.4, 0.5) is 0 Å². The quantitative estimate of drug-likeness (QED) is 0.834. The van der Waals surface area contributed by atoms with Crippen LogP contribution in [0.15, 0.2) is 23.7 Å². The SMILES string of the molecule is Cc1ncsc1C(=O)NNC(=O)c1ccc2c(c1)CCC2. The number of fused-ring (bicyclic) bond motifs is 1. The van der Waals surface area contributed by atoms with Crippen molar-refractivity contribution in [2.45, 2.75) is 26.2 Å². The molecule has 0 saturated carbocycles. The van der Waals surface area contributed by atoms with Crippen LogP contribution in [0.1, 0.15) is 43.3 Å². The van der Waals surface area contributed by atoms with Crippen LogP contribution in [-0.4, -0.2) is 16.8 Å². The third kappa shape index (κ3) is 2.80. The number of benzene rings is 1. The summed E-state index contributed by atoms with van der Waals surface area (Å²) < 4.78 is 0. The third-order valence-electron chi connectivity index (χ3n) is 3.60. The Bertz CT molecular complexity index is 709. The van der Waals surface area contributed by atoms with Crippen molar-refractivity contribution in [1.82, 2.24) is 15.8 Å². The minimum atomic E-state index is -0.343. The zero-order valence-electron chi connectivity index (χ0n) is 11.6. The fourth-order valence-corrected chi connectivity index (χ4v) is 3.17. The van der Waals surface area contributed by atoms with Crippen LogP contribution in [-0.2, 0) is 12.8 Å².